The number of pyridine rings is 1. The standard InChI is InChI=1S/C24H21N3O4/c1-31-21-12-16(9-10-25-21)14-26-23(29)17-7-8-20-18(13-17)22(28)19(24(30)27-20)11-15-5-3-2-4-6-15/h2-10,12-13,19H,11,14H2,1H3,(H,26,29)(H,27,30). The van der Waals surface area contributed by atoms with Crippen LogP contribution in [0.1, 0.15) is 31.8 Å². The van der Waals surface area contributed by atoms with Crippen LogP contribution in [0.25, 0.3) is 0 Å². The summed E-state index contributed by atoms with van der Waals surface area (Å²) in [7, 11) is 1.53. The van der Waals surface area contributed by atoms with E-state index >= 15 is 0 Å². The number of nitrogens with one attached hydrogen (secondary N) is 2. The van der Waals surface area contributed by atoms with Gasteiger partial charge in [-0.05, 0) is 41.8 Å². The summed E-state index contributed by atoms with van der Waals surface area (Å²) in [5.41, 5.74) is 2.86. The molecule has 1 aromatic heterocycles. The van der Waals surface area contributed by atoms with Crippen molar-refractivity contribution in [2.45, 2.75) is 13.0 Å². The smallest absolute Gasteiger partial charge is 0.251 e. The molecule has 0 bridgehead atoms. The van der Waals surface area contributed by atoms with Gasteiger partial charge in [-0.1, -0.05) is 30.3 Å². The second kappa shape index (κ2) is 8.79. The highest BCUT2D eigenvalue weighted by molar-refractivity contribution is 6.21. The van der Waals surface area contributed by atoms with Crippen LogP contribution in [0.15, 0.2) is 66.9 Å². The number of hydrogen-bond acceptors (Lipinski definition) is 5. The van der Waals surface area contributed by atoms with E-state index in [1.54, 1.807) is 30.5 Å². The van der Waals surface area contributed by atoms with Gasteiger partial charge in [0, 0.05) is 29.9 Å². The van der Waals surface area contributed by atoms with Gasteiger partial charge in [-0.15, -0.1) is 0 Å². The number of nitrogens with zero attached hydrogens (tertiary/aromatic N) is 1. The van der Waals surface area contributed by atoms with Gasteiger partial charge in [-0.2, -0.15) is 0 Å². The fourth-order valence-corrected chi connectivity index (χ4v) is 3.52. The largest absolute Gasteiger partial charge is 0.481 e. The maximum Gasteiger partial charge on any atom is 0.251 e. The van der Waals surface area contributed by atoms with Crippen LogP contribution in [-0.4, -0.2) is 29.7 Å². The van der Waals surface area contributed by atoms with Gasteiger partial charge in [0.1, 0.15) is 5.92 Å². The number of hydrogen-bond donors (Lipinski definition) is 2. The molecule has 0 spiro atoms. The van der Waals surface area contributed by atoms with E-state index in [0.29, 0.717) is 29.1 Å². The zero-order valence-corrected chi connectivity index (χ0v) is 16.9. The van der Waals surface area contributed by atoms with E-state index in [1.807, 2.05) is 30.3 Å². The Balaban J connectivity index is 1.50. The molecule has 2 amide bonds. The lowest BCUT2D eigenvalue weighted by Gasteiger charge is -2.24. The Kier molecular flexibility index (Phi) is 5.75. The monoisotopic (exact) mass is 415 g/mol. The normalized spacial score (nSPS) is 15.1. The summed E-state index contributed by atoms with van der Waals surface area (Å²) in [6.07, 6.45) is 1.92. The van der Waals surface area contributed by atoms with E-state index in [9.17, 15) is 14.4 Å². The Morgan fingerprint density at radius 2 is 1.87 bits per heavy atom. The van der Waals surface area contributed by atoms with Gasteiger partial charge >= 0.3 is 0 Å². The molecular weight excluding hydrogens is 394 g/mol. The number of Topliss-reactive ketones (excluding diaryl/α,β-unsaturated/α-hetero) is 1. The molecule has 0 saturated carbocycles. The average Bonchev–Trinajstić information content (AvgIpc) is 2.81. The highest BCUT2D eigenvalue weighted by atomic mass is 16.5. The van der Waals surface area contributed by atoms with Gasteiger partial charge in [0.15, 0.2) is 5.78 Å². The van der Waals surface area contributed by atoms with Crippen LogP contribution in [-0.2, 0) is 17.8 Å². The molecule has 0 aliphatic carbocycles. The molecule has 1 aliphatic heterocycles. The third-order valence-corrected chi connectivity index (χ3v) is 5.18. The van der Waals surface area contributed by atoms with Crippen LogP contribution in [0.3, 0.4) is 0 Å². The van der Waals surface area contributed by atoms with Crippen molar-refractivity contribution in [3.63, 3.8) is 0 Å². The second-order valence-electron chi connectivity index (χ2n) is 7.25. The molecule has 7 nitrogen and oxygen atoms in total. The van der Waals surface area contributed by atoms with Crippen LogP contribution < -0.4 is 15.4 Å². The number of carbonyl (C=O) groups is 3. The molecule has 31 heavy (non-hydrogen) atoms. The van der Waals surface area contributed by atoms with E-state index in [1.165, 1.54) is 13.2 Å². The first-order chi connectivity index (χ1) is 15.0. The Morgan fingerprint density at radius 3 is 2.65 bits per heavy atom. The van der Waals surface area contributed by atoms with Crippen LogP contribution in [0.5, 0.6) is 5.88 Å². The molecule has 2 heterocycles. The number of anilines is 1. The van der Waals surface area contributed by atoms with Crippen LogP contribution >= 0.6 is 0 Å². The minimum absolute atomic E-state index is 0.281. The summed E-state index contributed by atoms with van der Waals surface area (Å²) in [6.45, 7) is 0.288. The van der Waals surface area contributed by atoms with Gasteiger partial charge < -0.3 is 15.4 Å². The lowest BCUT2D eigenvalue weighted by atomic mass is 9.86. The van der Waals surface area contributed by atoms with Crippen LogP contribution in [0, 0.1) is 5.92 Å². The van der Waals surface area contributed by atoms with Crippen molar-refractivity contribution in [1.29, 1.82) is 0 Å². The maximum absolute atomic E-state index is 13.0. The lowest BCUT2D eigenvalue weighted by molar-refractivity contribution is -0.118. The average molecular weight is 415 g/mol. The zero-order valence-electron chi connectivity index (χ0n) is 16.9. The summed E-state index contributed by atoms with van der Waals surface area (Å²) in [5.74, 6) is -1.28. The topological polar surface area (TPSA) is 97.4 Å². The second-order valence-corrected chi connectivity index (χ2v) is 7.25. The lowest BCUT2D eigenvalue weighted by Crippen LogP contribution is -2.37. The van der Waals surface area contributed by atoms with Crippen LogP contribution in [0.2, 0.25) is 0 Å². The van der Waals surface area contributed by atoms with E-state index in [0.717, 1.165) is 11.1 Å². The van der Waals surface area contributed by atoms with Crippen molar-refractivity contribution in [2.75, 3.05) is 12.4 Å². The summed E-state index contributed by atoms with van der Waals surface area (Å²) in [6, 6.07) is 17.6. The number of aromatic nitrogens is 1. The number of benzene rings is 2. The Bertz CT molecular complexity index is 1140. The Hall–Kier alpha value is -4.00. The van der Waals surface area contributed by atoms with Crippen molar-refractivity contribution in [3.05, 3.63) is 89.1 Å². The van der Waals surface area contributed by atoms with Crippen molar-refractivity contribution < 1.29 is 19.1 Å². The van der Waals surface area contributed by atoms with Crippen molar-refractivity contribution >= 4 is 23.3 Å². The number of carbonyl (C=O) groups excluding carboxylic acids is 3. The van der Waals surface area contributed by atoms with Gasteiger partial charge in [0.25, 0.3) is 5.91 Å². The minimum Gasteiger partial charge on any atom is -0.481 e. The fraction of sp³-hybridized carbons (Fsp3) is 0.167. The molecule has 0 radical (unpaired) electrons. The molecule has 2 aromatic carbocycles. The summed E-state index contributed by atoms with van der Waals surface area (Å²) in [4.78, 5) is 42.2. The first-order valence-corrected chi connectivity index (χ1v) is 9.85. The third kappa shape index (κ3) is 4.45. The predicted molar refractivity (Wildman–Crippen MR) is 115 cm³/mol. The highest BCUT2D eigenvalue weighted by Gasteiger charge is 2.34. The number of amides is 2. The molecule has 1 unspecified atom stereocenters. The molecule has 156 valence electrons. The summed E-state index contributed by atoms with van der Waals surface area (Å²) >= 11 is 0. The maximum atomic E-state index is 13.0. The Morgan fingerprint density at radius 1 is 1.06 bits per heavy atom. The van der Waals surface area contributed by atoms with E-state index in [2.05, 4.69) is 15.6 Å². The van der Waals surface area contributed by atoms with Gasteiger partial charge in [-0.3, -0.25) is 14.4 Å². The van der Waals surface area contributed by atoms with Gasteiger partial charge in [0.2, 0.25) is 11.8 Å². The number of fused-ring (bicyclic) bond motifs is 1. The minimum atomic E-state index is -0.822. The molecule has 7 heteroatoms. The number of rotatable bonds is 6. The van der Waals surface area contributed by atoms with E-state index < -0.39 is 5.92 Å². The third-order valence-electron chi connectivity index (χ3n) is 5.18. The molecule has 1 atom stereocenters. The molecule has 4 rings (SSSR count). The van der Waals surface area contributed by atoms with E-state index in [-0.39, 0.29) is 24.1 Å². The van der Waals surface area contributed by atoms with E-state index in [4.69, 9.17) is 4.74 Å². The molecular formula is C24H21N3O4. The molecule has 0 saturated heterocycles. The highest BCUT2D eigenvalue weighted by Crippen LogP contribution is 2.28. The fourth-order valence-electron chi connectivity index (χ4n) is 3.52. The summed E-state index contributed by atoms with van der Waals surface area (Å²) in [5, 5.41) is 5.61. The first-order valence-electron chi connectivity index (χ1n) is 9.85. The van der Waals surface area contributed by atoms with Gasteiger partial charge in [0.05, 0.1) is 12.8 Å². The quantitative estimate of drug-likeness (QED) is 0.603. The predicted octanol–water partition coefficient (Wildman–Crippen LogP) is 3.01. The van der Waals surface area contributed by atoms with Crippen molar-refractivity contribution in [2.24, 2.45) is 5.92 Å². The Labute approximate surface area is 179 Å². The van der Waals surface area contributed by atoms with Crippen LogP contribution in [0.4, 0.5) is 5.69 Å². The molecule has 3 aromatic rings. The first kappa shape index (κ1) is 20.3. The zero-order chi connectivity index (χ0) is 21.8. The summed E-state index contributed by atoms with van der Waals surface area (Å²) < 4.78 is 5.09. The number of methoxy groups -OCH3 is 1. The van der Waals surface area contributed by atoms with Crippen molar-refractivity contribution in [3.8, 4) is 5.88 Å². The molecule has 1 aliphatic rings. The molecule has 2 N–H and O–H groups in total. The number of ketones is 1. The SMILES string of the molecule is COc1cc(CNC(=O)c2ccc3c(c2)C(=O)C(Cc2ccccc2)C(=O)N3)ccn1. The van der Waals surface area contributed by atoms with Gasteiger partial charge in [-0.25, -0.2) is 4.98 Å². The molecule has 0 fully saturated rings. The van der Waals surface area contributed by atoms with Crippen molar-refractivity contribution in [1.82, 2.24) is 10.3 Å². The number of ether oxygens (including phenoxy) is 1.